The first-order chi connectivity index (χ1) is 11.1. The molecule has 0 saturated carbocycles. The molecule has 8 heteroatoms. The molecule has 0 fully saturated rings. The second-order valence-corrected chi connectivity index (χ2v) is 5.72. The van der Waals surface area contributed by atoms with E-state index in [-0.39, 0.29) is 12.3 Å². The Balaban J connectivity index is 1.63. The number of amidine groups is 1. The molecule has 0 spiro atoms. The van der Waals surface area contributed by atoms with Crippen LogP contribution in [0.15, 0.2) is 41.8 Å². The van der Waals surface area contributed by atoms with Crippen molar-refractivity contribution < 1.29 is 4.79 Å². The number of halogens is 2. The molecule has 118 valence electrons. The van der Waals surface area contributed by atoms with E-state index in [0.29, 0.717) is 34.7 Å². The van der Waals surface area contributed by atoms with E-state index in [1.54, 1.807) is 35.6 Å². The molecular formula is C15H13Cl2N5O. The third kappa shape index (κ3) is 3.97. The number of carbonyl (C=O) groups is 1. The minimum atomic E-state index is -0.189. The van der Waals surface area contributed by atoms with E-state index in [1.807, 2.05) is 6.07 Å². The Morgan fingerprint density at radius 2 is 2.00 bits per heavy atom. The van der Waals surface area contributed by atoms with Crippen molar-refractivity contribution in [3.8, 4) is 0 Å². The minimum Gasteiger partial charge on any atom is -0.312 e. The van der Waals surface area contributed by atoms with Crippen LogP contribution >= 0.6 is 23.2 Å². The Morgan fingerprint density at radius 1 is 1.22 bits per heavy atom. The fourth-order valence-electron chi connectivity index (χ4n) is 2.15. The van der Waals surface area contributed by atoms with Gasteiger partial charge >= 0.3 is 0 Å². The summed E-state index contributed by atoms with van der Waals surface area (Å²) in [6.45, 7) is 0.662. The van der Waals surface area contributed by atoms with Gasteiger partial charge in [-0.1, -0.05) is 23.2 Å². The molecule has 1 amide bonds. The third-order valence-electron chi connectivity index (χ3n) is 3.22. The number of hydrogen-bond donors (Lipinski definition) is 1. The second-order valence-electron chi connectivity index (χ2n) is 4.91. The highest BCUT2D eigenvalue weighted by Gasteiger charge is 2.18. The summed E-state index contributed by atoms with van der Waals surface area (Å²) in [6.07, 6.45) is 3.97. The van der Waals surface area contributed by atoms with Gasteiger partial charge in [0.1, 0.15) is 11.7 Å². The Hall–Kier alpha value is -2.18. The smallest absolute Gasteiger partial charge is 0.232 e. The first-order valence-corrected chi connectivity index (χ1v) is 7.73. The maximum absolute atomic E-state index is 12.0. The van der Waals surface area contributed by atoms with E-state index in [9.17, 15) is 4.79 Å². The lowest BCUT2D eigenvalue weighted by Crippen LogP contribution is -2.31. The van der Waals surface area contributed by atoms with E-state index in [2.05, 4.69) is 20.4 Å². The zero-order valence-electron chi connectivity index (χ0n) is 12.0. The Morgan fingerprint density at radius 3 is 2.74 bits per heavy atom. The summed E-state index contributed by atoms with van der Waals surface area (Å²) in [6, 6.07) is 7.01. The molecule has 3 rings (SSSR count). The monoisotopic (exact) mass is 349 g/mol. The first kappa shape index (κ1) is 15.7. The number of anilines is 1. The number of carbonyl (C=O) groups excluding carboxylic acids is 1. The lowest BCUT2D eigenvalue weighted by atomic mass is 10.3. The Bertz CT molecular complexity index is 751. The van der Waals surface area contributed by atoms with E-state index in [0.717, 1.165) is 5.69 Å². The molecule has 0 radical (unpaired) electrons. The van der Waals surface area contributed by atoms with Crippen LogP contribution in [0.4, 0.5) is 5.69 Å². The lowest BCUT2D eigenvalue weighted by molar-refractivity contribution is -0.119. The van der Waals surface area contributed by atoms with Crippen molar-refractivity contribution in [1.82, 2.24) is 15.3 Å². The SMILES string of the molecule is O=C(Cc1ncccn1)NC1=NN(c2ccc(Cl)c(Cl)c2)CC1. The number of nitrogens with zero attached hydrogens (tertiary/aromatic N) is 4. The molecule has 0 aliphatic carbocycles. The van der Waals surface area contributed by atoms with Crippen LogP contribution in [0.3, 0.4) is 0 Å². The lowest BCUT2D eigenvalue weighted by Gasteiger charge is -2.13. The molecule has 1 N–H and O–H groups in total. The van der Waals surface area contributed by atoms with Gasteiger partial charge in [0.15, 0.2) is 0 Å². The molecule has 1 aliphatic rings. The average Bonchev–Trinajstić information content (AvgIpc) is 2.99. The van der Waals surface area contributed by atoms with Crippen LogP contribution in [0, 0.1) is 0 Å². The van der Waals surface area contributed by atoms with Crippen LogP contribution < -0.4 is 10.3 Å². The standard InChI is InChI=1S/C15H13Cl2N5O/c16-11-3-2-10(8-12(11)17)22-7-4-13(21-22)20-15(23)9-14-18-5-1-6-19-14/h1-3,5-6,8H,4,7,9H2,(H,20,21,23). The summed E-state index contributed by atoms with van der Waals surface area (Å²) < 4.78 is 0. The fourth-order valence-corrected chi connectivity index (χ4v) is 2.44. The molecule has 23 heavy (non-hydrogen) atoms. The van der Waals surface area contributed by atoms with Crippen molar-refractivity contribution >= 4 is 40.6 Å². The van der Waals surface area contributed by atoms with Gasteiger partial charge in [0.05, 0.1) is 22.2 Å². The molecule has 2 heterocycles. The van der Waals surface area contributed by atoms with Crippen molar-refractivity contribution in [2.24, 2.45) is 5.10 Å². The maximum Gasteiger partial charge on any atom is 0.232 e. The number of nitrogens with one attached hydrogen (secondary N) is 1. The van der Waals surface area contributed by atoms with Crippen LogP contribution in [0.25, 0.3) is 0 Å². The predicted molar refractivity (Wildman–Crippen MR) is 89.7 cm³/mol. The largest absolute Gasteiger partial charge is 0.312 e. The van der Waals surface area contributed by atoms with Gasteiger partial charge in [0, 0.05) is 25.4 Å². The number of amides is 1. The quantitative estimate of drug-likeness (QED) is 0.924. The molecule has 0 bridgehead atoms. The maximum atomic E-state index is 12.0. The van der Waals surface area contributed by atoms with Crippen LogP contribution in [-0.2, 0) is 11.2 Å². The number of hydrogen-bond acceptors (Lipinski definition) is 5. The summed E-state index contributed by atoms with van der Waals surface area (Å²) in [5.74, 6) is 0.896. The molecule has 1 aliphatic heterocycles. The molecule has 0 atom stereocenters. The number of hydrazone groups is 1. The van der Waals surface area contributed by atoms with Crippen LogP contribution in [0.1, 0.15) is 12.2 Å². The molecule has 0 saturated heterocycles. The average molecular weight is 350 g/mol. The summed E-state index contributed by atoms with van der Waals surface area (Å²) >= 11 is 11.9. The fraction of sp³-hybridized carbons (Fsp3) is 0.200. The second kappa shape index (κ2) is 6.93. The van der Waals surface area contributed by atoms with Gasteiger partial charge in [-0.25, -0.2) is 9.97 Å². The molecule has 1 aromatic carbocycles. The van der Waals surface area contributed by atoms with Crippen LogP contribution in [0.2, 0.25) is 10.0 Å². The number of aromatic nitrogens is 2. The van der Waals surface area contributed by atoms with E-state index < -0.39 is 0 Å². The van der Waals surface area contributed by atoms with Crippen LogP contribution in [-0.4, -0.2) is 28.3 Å². The Kier molecular flexibility index (Phi) is 4.73. The van der Waals surface area contributed by atoms with E-state index >= 15 is 0 Å². The number of rotatable bonds is 3. The zero-order valence-corrected chi connectivity index (χ0v) is 13.6. The van der Waals surface area contributed by atoms with Crippen LogP contribution in [0.5, 0.6) is 0 Å². The Labute approximate surface area is 143 Å². The van der Waals surface area contributed by atoms with Crippen molar-refractivity contribution in [2.45, 2.75) is 12.8 Å². The molecular weight excluding hydrogens is 337 g/mol. The summed E-state index contributed by atoms with van der Waals surface area (Å²) in [7, 11) is 0. The number of benzene rings is 1. The van der Waals surface area contributed by atoms with Crippen molar-refractivity contribution in [3.05, 3.63) is 52.5 Å². The summed E-state index contributed by atoms with van der Waals surface area (Å²) in [5, 5.41) is 9.91. The van der Waals surface area contributed by atoms with Crippen molar-refractivity contribution in [3.63, 3.8) is 0 Å². The normalized spacial score (nSPS) is 13.8. The van der Waals surface area contributed by atoms with Gasteiger partial charge in [-0.05, 0) is 24.3 Å². The van der Waals surface area contributed by atoms with E-state index in [1.165, 1.54) is 0 Å². The van der Waals surface area contributed by atoms with Crippen molar-refractivity contribution in [2.75, 3.05) is 11.6 Å². The van der Waals surface area contributed by atoms with Gasteiger partial charge in [0.25, 0.3) is 0 Å². The summed E-state index contributed by atoms with van der Waals surface area (Å²) in [4.78, 5) is 20.0. The highest BCUT2D eigenvalue weighted by molar-refractivity contribution is 6.42. The topological polar surface area (TPSA) is 70.5 Å². The van der Waals surface area contributed by atoms with Gasteiger partial charge in [-0.2, -0.15) is 5.10 Å². The van der Waals surface area contributed by atoms with Crippen molar-refractivity contribution in [1.29, 1.82) is 0 Å². The molecule has 2 aromatic rings. The minimum absolute atomic E-state index is 0.118. The third-order valence-corrected chi connectivity index (χ3v) is 3.96. The van der Waals surface area contributed by atoms with Gasteiger partial charge in [0.2, 0.25) is 5.91 Å². The zero-order chi connectivity index (χ0) is 16.2. The summed E-state index contributed by atoms with van der Waals surface area (Å²) in [5.41, 5.74) is 0.829. The first-order valence-electron chi connectivity index (χ1n) is 6.97. The van der Waals surface area contributed by atoms with Gasteiger partial charge in [-0.15, -0.1) is 0 Å². The van der Waals surface area contributed by atoms with Gasteiger partial charge in [-0.3, -0.25) is 9.80 Å². The molecule has 0 unspecified atom stereocenters. The molecule has 1 aromatic heterocycles. The predicted octanol–water partition coefficient (Wildman–Crippen LogP) is 2.67. The highest BCUT2D eigenvalue weighted by Crippen LogP contribution is 2.28. The highest BCUT2D eigenvalue weighted by atomic mass is 35.5. The molecule has 6 nitrogen and oxygen atoms in total. The van der Waals surface area contributed by atoms with Gasteiger partial charge < -0.3 is 5.32 Å². The van der Waals surface area contributed by atoms with E-state index in [4.69, 9.17) is 23.2 Å².